The molecule has 1 aliphatic heterocycles. The summed E-state index contributed by atoms with van der Waals surface area (Å²) in [6.45, 7) is 1.56. The first-order chi connectivity index (χ1) is 8.43. The monoisotopic (exact) mass is 230 g/mol. The van der Waals surface area contributed by atoms with E-state index in [1.165, 1.54) is 0 Å². The van der Waals surface area contributed by atoms with Crippen molar-refractivity contribution < 1.29 is 9.47 Å². The average molecular weight is 230 g/mol. The Hall–Kier alpha value is -1.68. The van der Waals surface area contributed by atoms with Crippen molar-refractivity contribution in [1.82, 2.24) is 9.97 Å². The number of para-hydroxylation sites is 1. The van der Waals surface area contributed by atoms with Crippen molar-refractivity contribution >= 4 is 10.9 Å². The summed E-state index contributed by atoms with van der Waals surface area (Å²) in [6, 6.07) is 5.93. The minimum atomic E-state index is 0.240. The second-order valence-electron chi connectivity index (χ2n) is 4.15. The van der Waals surface area contributed by atoms with Crippen LogP contribution >= 0.6 is 0 Å². The van der Waals surface area contributed by atoms with Crippen LogP contribution in [0.25, 0.3) is 10.9 Å². The van der Waals surface area contributed by atoms with E-state index < -0.39 is 0 Å². The molecule has 1 aromatic heterocycles. The van der Waals surface area contributed by atoms with Gasteiger partial charge in [0.05, 0.1) is 13.2 Å². The third-order valence-corrected chi connectivity index (χ3v) is 2.96. The van der Waals surface area contributed by atoms with Gasteiger partial charge < -0.3 is 9.47 Å². The standard InChI is InChI=1S/C13H14N2O2/c1-2-10-8-14-9-15-13(10)12(3-1)17-11-4-6-16-7-5-11/h1-3,8-9,11H,4-7H2. The normalized spacial score (nSPS) is 17.2. The predicted octanol–water partition coefficient (Wildman–Crippen LogP) is 2.19. The van der Waals surface area contributed by atoms with Crippen molar-refractivity contribution in [2.75, 3.05) is 13.2 Å². The molecule has 1 aliphatic rings. The lowest BCUT2D eigenvalue weighted by Crippen LogP contribution is -2.25. The Balaban J connectivity index is 1.89. The molecule has 1 aromatic carbocycles. The first-order valence-corrected chi connectivity index (χ1v) is 5.86. The summed E-state index contributed by atoms with van der Waals surface area (Å²) in [6.07, 6.45) is 5.49. The lowest BCUT2D eigenvalue weighted by Gasteiger charge is -2.23. The van der Waals surface area contributed by atoms with Gasteiger partial charge in [0.25, 0.3) is 0 Å². The van der Waals surface area contributed by atoms with Crippen LogP contribution in [0.3, 0.4) is 0 Å². The Kier molecular flexibility index (Phi) is 2.88. The van der Waals surface area contributed by atoms with E-state index in [0.717, 1.165) is 42.7 Å². The minimum Gasteiger partial charge on any atom is -0.488 e. The van der Waals surface area contributed by atoms with E-state index in [4.69, 9.17) is 9.47 Å². The average Bonchev–Trinajstić information content (AvgIpc) is 2.40. The van der Waals surface area contributed by atoms with Gasteiger partial charge in [0.15, 0.2) is 0 Å². The van der Waals surface area contributed by atoms with Gasteiger partial charge in [-0.1, -0.05) is 12.1 Å². The molecule has 0 amide bonds. The van der Waals surface area contributed by atoms with Crippen LogP contribution in [-0.2, 0) is 4.74 Å². The molecule has 4 nitrogen and oxygen atoms in total. The van der Waals surface area contributed by atoms with Gasteiger partial charge in [0, 0.05) is 24.4 Å². The summed E-state index contributed by atoms with van der Waals surface area (Å²) < 4.78 is 11.3. The third kappa shape index (κ3) is 2.22. The maximum Gasteiger partial charge on any atom is 0.146 e. The number of fused-ring (bicyclic) bond motifs is 1. The SMILES string of the molecule is c1cc(OC2CCOCC2)c2ncncc2c1. The first kappa shape index (κ1) is 10.5. The molecule has 0 atom stereocenters. The van der Waals surface area contributed by atoms with Crippen LogP contribution in [0.5, 0.6) is 5.75 Å². The molecule has 0 saturated carbocycles. The van der Waals surface area contributed by atoms with Gasteiger partial charge in [-0.05, 0) is 6.07 Å². The van der Waals surface area contributed by atoms with Crippen LogP contribution in [-0.4, -0.2) is 29.3 Å². The van der Waals surface area contributed by atoms with E-state index in [-0.39, 0.29) is 6.10 Å². The zero-order chi connectivity index (χ0) is 11.5. The van der Waals surface area contributed by atoms with E-state index in [1.807, 2.05) is 18.2 Å². The molecule has 0 radical (unpaired) electrons. The van der Waals surface area contributed by atoms with Crippen molar-refractivity contribution in [2.45, 2.75) is 18.9 Å². The van der Waals surface area contributed by atoms with E-state index in [0.29, 0.717) is 0 Å². The van der Waals surface area contributed by atoms with Gasteiger partial charge in [-0.3, -0.25) is 0 Å². The van der Waals surface area contributed by atoms with Crippen LogP contribution in [0.2, 0.25) is 0 Å². The van der Waals surface area contributed by atoms with E-state index in [1.54, 1.807) is 12.5 Å². The van der Waals surface area contributed by atoms with Gasteiger partial charge in [-0.2, -0.15) is 0 Å². The Morgan fingerprint density at radius 2 is 2.12 bits per heavy atom. The van der Waals surface area contributed by atoms with E-state index in [2.05, 4.69) is 9.97 Å². The molecule has 0 N–H and O–H groups in total. The predicted molar refractivity (Wildman–Crippen MR) is 64.0 cm³/mol. The highest BCUT2D eigenvalue weighted by Gasteiger charge is 2.16. The number of ether oxygens (including phenoxy) is 2. The van der Waals surface area contributed by atoms with Gasteiger partial charge in [-0.15, -0.1) is 0 Å². The quantitative estimate of drug-likeness (QED) is 0.793. The largest absolute Gasteiger partial charge is 0.488 e. The van der Waals surface area contributed by atoms with Crippen molar-refractivity contribution in [3.63, 3.8) is 0 Å². The summed E-state index contributed by atoms with van der Waals surface area (Å²) in [5, 5.41) is 1.01. The molecule has 0 unspecified atom stereocenters. The number of benzene rings is 1. The Morgan fingerprint density at radius 1 is 1.24 bits per heavy atom. The van der Waals surface area contributed by atoms with Gasteiger partial charge in [0.2, 0.25) is 0 Å². The molecule has 0 bridgehead atoms. The maximum atomic E-state index is 6.00. The molecule has 2 heterocycles. The zero-order valence-electron chi connectivity index (χ0n) is 9.50. The molecule has 0 aliphatic carbocycles. The fraction of sp³-hybridized carbons (Fsp3) is 0.385. The van der Waals surface area contributed by atoms with Gasteiger partial charge >= 0.3 is 0 Å². The van der Waals surface area contributed by atoms with Crippen LogP contribution in [0.4, 0.5) is 0 Å². The summed E-state index contributed by atoms with van der Waals surface area (Å²) in [7, 11) is 0. The molecule has 3 rings (SSSR count). The first-order valence-electron chi connectivity index (χ1n) is 5.86. The Morgan fingerprint density at radius 3 is 3.00 bits per heavy atom. The molecule has 1 fully saturated rings. The van der Waals surface area contributed by atoms with E-state index in [9.17, 15) is 0 Å². The highest BCUT2D eigenvalue weighted by Crippen LogP contribution is 2.25. The lowest BCUT2D eigenvalue weighted by molar-refractivity contribution is 0.0261. The molecular weight excluding hydrogens is 216 g/mol. The number of rotatable bonds is 2. The number of hydrogen-bond acceptors (Lipinski definition) is 4. The Labute approximate surface area is 99.6 Å². The minimum absolute atomic E-state index is 0.240. The fourth-order valence-corrected chi connectivity index (χ4v) is 2.05. The van der Waals surface area contributed by atoms with Crippen LogP contribution in [0.1, 0.15) is 12.8 Å². The number of aromatic nitrogens is 2. The molecule has 0 spiro atoms. The molecular formula is C13H14N2O2. The zero-order valence-corrected chi connectivity index (χ0v) is 9.50. The van der Waals surface area contributed by atoms with Crippen LogP contribution in [0, 0.1) is 0 Å². The summed E-state index contributed by atoms with van der Waals surface area (Å²) in [5.41, 5.74) is 0.883. The van der Waals surface area contributed by atoms with Crippen LogP contribution in [0.15, 0.2) is 30.7 Å². The molecule has 88 valence electrons. The second-order valence-corrected chi connectivity index (χ2v) is 4.15. The lowest BCUT2D eigenvalue weighted by atomic mass is 10.1. The Bertz CT molecular complexity index is 504. The van der Waals surface area contributed by atoms with Crippen LogP contribution < -0.4 is 4.74 Å². The highest BCUT2D eigenvalue weighted by molar-refractivity contribution is 5.83. The topological polar surface area (TPSA) is 44.2 Å². The van der Waals surface area contributed by atoms with Crippen molar-refractivity contribution in [3.8, 4) is 5.75 Å². The van der Waals surface area contributed by atoms with Crippen molar-refractivity contribution in [1.29, 1.82) is 0 Å². The molecule has 4 heteroatoms. The molecule has 2 aromatic rings. The maximum absolute atomic E-state index is 6.00. The second kappa shape index (κ2) is 4.67. The summed E-state index contributed by atoms with van der Waals surface area (Å²) >= 11 is 0. The highest BCUT2D eigenvalue weighted by atomic mass is 16.5. The number of nitrogens with zero attached hydrogens (tertiary/aromatic N) is 2. The smallest absolute Gasteiger partial charge is 0.146 e. The van der Waals surface area contributed by atoms with Crippen molar-refractivity contribution in [3.05, 3.63) is 30.7 Å². The summed E-state index contributed by atoms with van der Waals surface area (Å²) in [5.74, 6) is 0.844. The number of hydrogen-bond donors (Lipinski definition) is 0. The van der Waals surface area contributed by atoms with E-state index >= 15 is 0 Å². The van der Waals surface area contributed by atoms with Crippen molar-refractivity contribution in [2.24, 2.45) is 0 Å². The molecule has 1 saturated heterocycles. The van der Waals surface area contributed by atoms with Gasteiger partial charge in [0.1, 0.15) is 23.7 Å². The molecule has 17 heavy (non-hydrogen) atoms. The fourth-order valence-electron chi connectivity index (χ4n) is 2.05. The third-order valence-electron chi connectivity index (χ3n) is 2.96. The van der Waals surface area contributed by atoms with Gasteiger partial charge in [-0.25, -0.2) is 9.97 Å². The summed E-state index contributed by atoms with van der Waals surface area (Å²) in [4.78, 5) is 8.29.